The molecule has 1 unspecified atom stereocenters. The van der Waals surface area contributed by atoms with Gasteiger partial charge in [-0.3, -0.25) is 4.79 Å². The number of carbonyl (C=O) groups is 1. The molecule has 1 aliphatic rings. The first-order valence-corrected chi connectivity index (χ1v) is 9.43. The number of nitrogens with one attached hydrogen (secondary N) is 1. The lowest BCUT2D eigenvalue weighted by atomic mass is 10.00. The van der Waals surface area contributed by atoms with Gasteiger partial charge in [-0.25, -0.2) is 4.68 Å². The molecule has 5 heteroatoms. The summed E-state index contributed by atoms with van der Waals surface area (Å²) in [6, 6.07) is 16.1. The summed E-state index contributed by atoms with van der Waals surface area (Å²) in [6.07, 6.45) is 2.15. The van der Waals surface area contributed by atoms with Gasteiger partial charge in [-0.05, 0) is 56.9 Å². The average Bonchev–Trinajstić information content (AvgIpc) is 3.41. The van der Waals surface area contributed by atoms with Crippen molar-refractivity contribution in [3.63, 3.8) is 0 Å². The maximum atomic E-state index is 13.0. The first-order chi connectivity index (χ1) is 13.0. The number of hydrogen-bond donors (Lipinski definition) is 1. The second-order valence-electron chi connectivity index (χ2n) is 7.40. The number of benzene rings is 2. The summed E-state index contributed by atoms with van der Waals surface area (Å²) in [5.41, 5.74) is 5.79. The molecule has 27 heavy (non-hydrogen) atoms. The normalized spacial score (nSPS) is 14.8. The van der Waals surface area contributed by atoms with E-state index in [1.165, 1.54) is 11.1 Å². The molecule has 1 atom stereocenters. The molecule has 1 N–H and O–H groups in total. The minimum Gasteiger partial charge on any atom is -0.344 e. The average molecular weight is 360 g/mol. The molecule has 0 radical (unpaired) electrons. The van der Waals surface area contributed by atoms with Crippen molar-refractivity contribution in [3.05, 3.63) is 76.6 Å². The third kappa shape index (κ3) is 3.50. The number of aryl methyl sites for hydroxylation is 2. The maximum absolute atomic E-state index is 13.0. The van der Waals surface area contributed by atoms with Crippen LogP contribution in [0.5, 0.6) is 0 Å². The van der Waals surface area contributed by atoms with E-state index in [1.807, 2.05) is 41.9 Å². The number of nitrogens with zero attached hydrogens (tertiary/aromatic N) is 3. The molecule has 5 nitrogen and oxygen atoms in total. The van der Waals surface area contributed by atoms with Crippen LogP contribution in [-0.2, 0) is 0 Å². The molecule has 1 saturated carbocycles. The first-order valence-electron chi connectivity index (χ1n) is 9.43. The van der Waals surface area contributed by atoms with Crippen molar-refractivity contribution in [3.8, 4) is 5.69 Å². The van der Waals surface area contributed by atoms with Gasteiger partial charge >= 0.3 is 0 Å². The lowest BCUT2D eigenvalue weighted by molar-refractivity contribution is 0.0933. The Labute approximate surface area is 159 Å². The quantitative estimate of drug-likeness (QED) is 0.740. The van der Waals surface area contributed by atoms with Crippen molar-refractivity contribution >= 4 is 5.91 Å². The van der Waals surface area contributed by atoms with Gasteiger partial charge < -0.3 is 5.32 Å². The smallest absolute Gasteiger partial charge is 0.274 e. The number of hydrogen-bond acceptors (Lipinski definition) is 3. The highest BCUT2D eigenvalue weighted by Crippen LogP contribution is 2.42. The van der Waals surface area contributed by atoms with Crippen LogP contribution in [-0.4, -0.2) is 20.9 Å². The summed E-state index contributed by atoms with van der Waals surface area (Å²) < 4.78 is 1.81. The van der Waals surface area contributed by atoms with Gasteiger partial charge in [-0.15, -0.1) is 5.10 Å². The zero-order valence-corrected chi connectivity index (χ0v) is 15.9. The fourth-order valence-electron chi connectivity index (χ4n) is 3.50. The van der Waals surface area contributed by atoms with Crippen molar-refractivity contribution in [1.82, 2.24) is 20.3 Å². The fraction of sp³-hybridized carbons (Fsp3) is 0.318. The number of para-hydroxylation sites is 1. The molecule has 1 aliphatic carbocycles. The second kappa shape index (κ2) is 6.99. The predicted octanol–water partition coefficient (Wildman–Crippen LogP) is 4.25. The van der Waals surface area contributed by atoms with Crippen LogP contribution in [0.2, 0.25) is 0 Å². The Hall–Kier alpha value is -2.95. The molecule has 4 rings (SSSR count). The molecule has 1 amide bonds. The minimum atomic E-state index is -0.160. The van der Waals surface area contributed by atoms with Crippen LogP contribution >= 0.6 is 0 Å². The highest BCUT2D eigenvalue weighted by atomic mass is 16.2. The van der Waals surface area contributed by atoms with E-state index in [-0.39, 0.29) is 11.9 Å². The Morgan fingerprint density at radius 3 is 2.59 bits per heavy atom. The van der Waals surface area contributed by atoms with Crippen LogP contribution in [0.3, 0.4) is 0 Å². The van der Waals surface area contributed by atoms with E-state index in [0.717, 1.165) is 29.8 Å². The third-order valence-corrected chi connectivity index (χ3v) is 5.13. The summed E-state index contributed by atoms with van der Waals surface area (Å²) in [7, 11) is 0. The lowest BCUT2D eigenvalue weighted by Crippen LogP contribution is -2.28. The SMILES string of the molecule is Cc1ccc(C)c(C(C)NC(=O)c2nnn(-c3ccccc3)c2C2CC2)c1. The molecular formula is C22H24N4O. The van der Waals surface area contributed by atoms with Crippen LogP contribution in [0.1, 0.15) is 64.6 Å². The molecule has 0 saturated heterocycles. The summed E-state index contributed by atoms with van der Waals surface area (Å²) in [6.45, 7) is 6.14. The van der Waals surface area contributed by atoms with Crippen LogP contribution in [0.4, 0.5) is 0 Å². The molecule has 1 aromatic heterocycles. The molecule has 2 aromatic carbocycles. The van der Waals surface area contributed by atoms with Gasteiger partial charge in [-0.2, -0.15) is 0 Å². The Balaban J connectivity index is 1.63. The molecule has 138 valence electrons. The van der Waals surface area contributed by atoms with Gasteiger partial charge in [0.05, 0.1) is 17.4 Å². The van der Waals surface area contributed by atoms with Crippen LogP contribution in [0, 0.1) is 13.8 Å². The second-order valence-corrected chi connectivity index (χ2v) is 7.40. The predicted molar refractivity (Wildman–Crippen MR) is 105 cm³/mol. The van der Waals surface area contributed by atoms with Crippen molar-refractivity contribution in [2.24, 2.45) is 0 Å². The van der Waals surface area contributed by atoms with E-state index >= 15 is 0 Å². The van der Waals surface area contributed by atoms with Gasteiger partial charge in [0.1, 0.15) is 0 Å². The van der Waals surface area contributed by atoms with E-state index in [2.05, 4.69) is 47.7 Å². The molecule has 1 fully saturated rings. The molecule has 1 heterocycles. The van der Waals surface area contributed by atoms with E-state index in [0.29, 0.717) is 11.6 Å². The van der Waals surface area contributed by atoms with Crippen LogP contribution in [0.25, 0.3) is 5.69 Å². The lowest BCUT2D eigenvalue weighted by Gasteiger charge is -2.17. The largest absolute Gasteiger partial charge is 0.344 e. The Morgan fingerprint density at radius 1 is 1.15 bits per heavy atom. The van der Waals surface area contributed by atoms with Crippen LogP contribution in [0.15, 0.2) is 48.5 Å². The van der Waals surface area contributed by atoms with Crippen molar-refractivity contribution in [2.45, 2.75) is 45.6 Å². The van der Waals surface area contributed by atoms with Gasteiger partial charge in [-0.1, -0.05) is 47.2 Å². The maximum Gasteiger partial charge on any atom is 0.274 e. The molecular weight excluding hydrogens is 336 g/mol. The van der Waals surface area contributed by atoms with Gasteiger partial charge in [0.2, 0.25) is 0 Å². The number of rotatable bonds is 5. The first kappa shape index (κ1) is 17.5. The van der Waals surface area contributed by atoms with Crippen LogP contribution < -0.4 is 5.32 Å². The van der Waals surface area contributed by atoms with E-state index in [9.17, 15) is 4.79 Å². The summed E-state index contributed by atoms with van der Waals surface area (Å²) in [5.74, 6) is 0.199. The van der Waals surface area contributed by atoms with Gasteiger partial charge in [0, 0.05) is 5.92 Å². The standard InChI is InChI=1S/C22H24N4O/c1-14-9-10-15(2)19(13-14)16(3)23-22(27)20-21(17-11-12-17)26(25-24-20)18-7-5-4-6-8-18/h4-10,13,16-17H,11-12H2,1-3H3,(H,23,27). The molecule has 0 aliphatic heterocycles. The van der Waals surface area contributed by atoms with E-state index < -0.39 is 0 Å². The van der Waals surface area contributed by atoms with Gasteiger partial charge in [0.25, 0.3) is 5.91 Å². The Morgan fingerprint density at radius 2 is 1.89 bits per heavy atom. The Bertz CT molecular complexity index is 973. The number of amides is 1. The summed E-state index contributed by atoms with van der Waals surface area (Å²) >= 11 is 0. The van der Waals surface area contributed by atoms with Gasteiger partial charge in [0.15, 0.2) is 5.69 Å². The highest BCUT2D eigenvalue weighted by molar-refractivity contribution is 5.94. The highest BCUT2D eigenvalue weighted by Gasteiger charge is 2.34. The third-order valence-electron chi connectivity index (χ3n) is 5.13. The Kier molecular flexibility index (Phi) is 4.52. The monoisotopic (exact) mass is 360 g/mol. The van der Waals surface area contributed by atoms with Crippen molar-refractivity contribution in [1.29, 1.82) is 0 Å². The molecule has 3 aromatic rings. The molecule has 0 bridgehead atoms. The minimum absolute atomic E-state index is 0.0914. The zero-order valence-electron chi connectivity index (χ0n) is 15.9. The van der Waals surface area contributed by atoms with E-state index in [4.69, 9.17) is 0 Å². The summed E-state index contributed by atoms with van der Waals surface area (Å²) in [5, 5.41) is 11.6. The van der Waals surface area contributed by atoms with Crippen molar-refractivity contribution < 1.29 is 4.79 Å². The topological polar surface area (TPSA) is 59.8 Å². The number of carbonyl (C=O) groups excluding carboxylic acids is 1. The van der Waals surface area contributed by atoms with Crippen molar-refractivity contribution in [2.75, 3.05) is 0 Å². The zero-order chi connectivity index (χ0) is 19.0. The van der Waals surface area contributed by atoms with E-state index in [1.54, 1.807) is 0 Å². The fourth-order valence-corrected chi connectivity index (χ4v) is 3.50. The summed E-state index contributed by atoms with van der Waals surface area (Å²) in [4.78, 5) is 13.0. The molecule has 0 spiro atoms. The number of aromatic nitrogens is 3.